The van der Waals surface area contributed by atoms with Gasteiger partial charge in [-0.25, -0.2) is 18.1 Å². The smallest absolute Gasteiger partial charge is 0.336 e. The number of rotatable bonds is 5. The first-order chi connectivity index (χ1) is 20.6. The van der Waals surface area contributed by atoms with Crippen molar-refractivity contribution >= 4 is 34.1 Å². The van der Waals surface area contributed by atoms with E-state index >= 15 is 0 Å². The number of halogens is 3. The molecule has 12 heteroatoms. The van der Waals surface area contributed by atoms with E-state index in [1.54, 1.807) is 49.5 Å². The molecule has 3 aromatic carbocycles. The Bertz CT molecular complexity index is 2190. The number of pyridine rings is 1. The molecule has 0 spiro atoms. The molecule has 0 bridgehead atoms. The molecule has 1 aliphatic rings. The van der Waals surface area contributed by atoms with E-state index in [-0.39, 0.29) is 46.8 Å². The van der Waals surface area contributed by atoms with Crippen molar-refractivity contribution in [3.8, 4) is 28.6 Å². The van der Waals surface area contributed by atoms with Crippen LogP contribution in [0.15, 0.2) is 64.4 Å². The number of hydrogen-bond donors (Lipinski definition) is 1. The third-order valence-corrected chi connectivity index (χ3v) is 7.54. The van der Waals surface area contributed by atoms with Crippen molar-refractivity contribution in [2.45, 2.75) is 19.9 Å². The van der Waals surface area contributed by atoms with Crippen LogP contribution >= 0.6 is 11.6 Å². The molecule has 1 aliphatic heterocycles. The van der Waals surface area contributed by atoms with Crippen LogP contribution in [0.2, 0.25) is 5.02 Å². The lowest BCUT2D eigenvalue weighted by atomic mass is 9.99. The molecule has 0 saturated carbocycles. The van der Waals surface area contributed by atoms with E-state index < -0.39 is 28.4 Å². The van der Waals surface area contributed by atoms with Gasteiger partial charge in [-0.1, -0.05) is 11.6 Å². The summed E-state index contributed by atoms with van der Waals surface area (Å²) in [4.78, 5) is 44.1. The normalized spacial score (nSPS) is 12.2. The van der Waals surface area contributed by atoms with E-state index in [9.17, 15) is 28.4 Å². The molecule has 0 atom stereocenters. The Labute approximate surface area is 247 Å². The highest BCUT2D eigenvalue weighted by Gasteiger charge is 2.24. The summed E-state index contributed by atoms with van der Waals surface area (Å²) >= 11 is 6.61. The standard InChI is InChI=1S/C31H20ClF2N5O4/c1-15-3-20(13-36-12-15)39-30(41)28-25(38(31(39)42)14-16-4-19(11-35)29(34)23(33)5-16)7-17(8-26(28)43-2)21-6-18-9-27(40)37-24(18)10-22(21)32/h3-8,10,12-13H,9,14H2,1-2H3,(H,37,40). The number of aromatic nitrogens is 3. The van der Waals surface area contributed by atoms with E-state index in [0.717, 1.165) is 16.7 Å². The summed E-state index contributed by atoms with van der Waals surface area (Å²) in [7, 11) is 1.37. The molecule has 5 aromatic rings. The van der Waals surface area contributed by atoms with Gasteiger partial charge in [-0.3, -0.25) is 19.1 Å². The second kappa shape index (κ2) is 10.5. The quantitative estimate of drug-likeness (QED) is 0.308. The molecular formula is C31H20ClF2N5O4. The van der Waals surface area contributed by atoms with Crippen LogP contribution in [0.3, 0.4) is 0 Å². The predicted molar refractivity (Wildman–Crippen MR) is 156 cm³/mol. The molecule has 43 heavy (non-hydrogen) atoms. The molecule has 0 radical (unpaired) electrons. The van der Waals surface area contributed by atoms with Crippen molar-refractivity contribution in [3.05, 3.63) is 115 Å². The molecule has 2 aromatic heterocycles. The number of nitrogens with zero attached hydrogens (tertiary/aromatic N) is 4. The molecule has 0 saturated heterocycles. The van der Waals surface area contributed by atoms with Crippen LogP contribution in [0, 0.1) is 29.9 Å². The number of methoxy groups -OCH3 is 1. The Balaban J connectivity index is 1.68. The number of aryl methyl sites for hydroxylation is 1. The highest BCUT2D eigenvalue weighted by Crippen LogP contribution is 2.38. The van der Waals surface area contributed by atoms with Gasteiger partial charge in [0.1, 0.15) is 17.2 Å². The number of ether oxygens (including phenoxy) is 1. The highest BCUT2D eigenvalue weighted by atomic mass is 35.5. The minimum Gasteiger partial charge on any atom is -0.496 e. The number of hydrogen-bond acceptors (Lipinski definition) is 6. The largest absolute Gasteiger partial charge is 0.496 e. The van der Waals surface area contributed by atoms with Gasteiger partial charge in [-0.05, 0) is 71.6 Å². The number of nitriles is 1. The second-order valence-corrected chi connectivity index (χ2v) is 10.5. The van der Waals surface area contributed by atoms with Gasteiger partial charge in [0.05, 0.1) is 48.1 Å². The van der Waals surface area contributed by atoms with E-state index in [1.165, 1.54) is 17.9 Å². The summed E-state index contributed by atoms with van der Waals surface area (Å²) in [5, 5.41) is 12.4. The average molecular weight is 600 g/mol. The Hall–Kier alpha value is -5.34. The molecule has 6 rings (SSSR count). The first-order valence-corrected chi connectivity index (χ1v) is 13.3. The first kappa shape index (κ1) is 27.8. The highest BCUT2D eigenvalue weighted by molar-refractivity contribution is 6.34. The summed E-state index contributed by atoms with van der Waals surface area (Å²) in [6.07, 6.45) is 3.08. The fourth-order valence-electron chi connectivity index (χ4n) is 5.28. The van der Waals surface area contributed by atoms with Gasteiger partial charge in [-0.15, -0.1) is 0 Å². The number of carbonyl (C=O) groups excluding carboxylic acids is 1. The fourth-order valence-corrected chi connectivity index (χ4v) is 5.55. The minimum atomic E-state index is -1.30. The minimum absolute atomic E-state index is 0.0320. The third-order valence-electron chi connectivity index (χ3n) is 7.23. The van der Waals surface area contributed by atoms with Crippen LogP contribution in [0.5, 0.6) is 5.75 Å². The zero-order valence-electron chi connectivity index (χ0n) is 22.7. The van der Waals surface area contributed by atoms with E-state index in [4.69, 9.17) is 16.3 Å². The molecule has 3 heterocycles. The first-order valence-electron chi connectivity index (χ1n) is 12.9. The third kappa shape index (κ3) is 4.71. The van der Waals surface area contributed by atoms with Gasteiger partial charge in [0.25, 0.3) is 5.56 Å². The monoisotopic (exact) mass is 599 g/mol. The lowest BCUT2D eigenvalue weighted by molar-refractivity contribution is -0.115. The van der Waals surface area contributed by atoms with E-state index in [1.807, 2.05) is 0 Å². The maximum Gasteiger partial charge on any atom is 0.336 e. The van der Waals surface area contributed by atoms with Crippen molar-refractivity contribution in [1.29, 1.82) is 5.26 Å². The van der Waals surface area contributed by atoms with Crippen molar-refractivity contribution in [2.24, 2.45) is 0 Å². The SMILES string of the molecule is COc1cc(-c2cc3c(cc2Cl)NC(=O)C3)cc2c1c(=O)n(-c1cncc(C)c1)c(=O)n2Cc1cc(F)c(F)c(C#N)c1. The maximum atomic E-state index is 14.4. The second-order valence-electron chi connectivity index (χ2n) is 10.1. The van der Waals surface area contributed by atoms with Gasteiger partial charge in [-0.2, -0.15) is 5.26 Å². The molecule has 0 aliphatic carbocycles. The molecule has 0 fully saturated rings. The van der Waals surface area contributed by atoms with Crippen molar-refractivity contribution < 1.29 is 18.3 Å². The van der Waals surface area contributed by atoms with Gasteiger partial charge >= 0.3 is 5.69 Å². The number of carbonyl (C=O) groups is 1. The van der Waals surface area contributed by atoms with Crippen LogP contribution < -0.4 is 21.3 Å². The molecule has 214 valence electrons. The zero-order chi connectivity index (χ0) is 30.6. The van der Waals surface area contributed by atoms with Crippen molar-refractivity contribution in [1.82, 2.24) is 14.1 Å². The van der Waals surface area contributed by atoms with Gasteiger partial charge in [0.15, 0.2) is 11.6 Å². The number of benzene rings is 3. The van der Waals surface area contributed by atoms with Crippen LogP contribution in [0.4, 0.5) is 14.5 Å². The summed E-state index contributed by atoms with van der Waals surface area (Å²) < 4.78 is 36.4. The molecule has 9 nitrogen and oxygen atoms in total. The summed E-state index contributed by atoms with van der Waals surface area (Å²) in [5.74, 6) is -2.62. The lowest BCUT2D eigenvalue weighted by Gasteiger charge is -2.18. The molecule has 1 amide bonds. The van der Waals surface area contributed by atoms with Gasteiger partial charge in [0, 0.05) is 17.4 Å². The van der Waals surface area contributed by atoms with E-state index in [0.29, 0.717) is 33.0 Å². The van der Waals surface area contributed by atoms with E-state index in [2.05, 4.69) is 10.3 Å². The van der Waals surface area contributed by atoms with Crippen LogP contribution in [0.25, 0.3) is 27.7 Å². The number of fused-ring (bicyclic) bond motifs is 2. The zero-order valence-corrected chi connectivity index (χ0v) is 23.4. The summed E-state index contributed by atoms with van der Waals surface area (Å²) in [6.45, 7) is 1.42. The van der Waals surface area contributed by atoms with Crippen LogP contribution in [-0.4, -0.2) is 27.1 Å². The summed E-state index contributed by atoms with van der Waals surface area (Å²) in [5.41, 5.74) is 1.39. The Morgan fingerprint density at radius 1 is 1.09 bits per heavy atom. The topological polar surface area (TPSA) is 119 Å². The predicted octanol–water partition coefficient (Wildman–Crippen LogP) is 4.88. The fraction of sp³-hybridized carbons (Fsp3) is 0.129. The number of amides is 1. The number of nitrogens with one attached hydrogen (secondary N) is 1. The van der Waals surface area contributed by atoms with Crippen molar-refractivity contribution in [3.63, 3.8) is 0 Å². The number of anilines is 1. The summed E-state index contributed by atoms with van der Waals surface area (Å²) in [6, 6.07) is 11.8. The molecule has 1 N–H and O–H groups in total. The average Bonchev–Trinajstić information content (AvgIpc) is 3.34. The Morgan fingerprint density at radius 3 is 2.60 bits per heavy atom. The molecular weight excluding hydrogens is 580 g/mol. The Morgan fingerprint density at radius 2 is 1.88 bits per heavy atom. The maximum absolute atomic E-state index is 14.4. The lowest BCUT2D eigenvalue weighted by Crippen LogP contribution is -2.39. The molecule has 0 unspecified atom stereocenters. The van der Waals surface area contributed by atoms with Gasteiger partial charge in [0.2, 0.25) is 5.91 Å². The van der Waals surface area contributed by atoms with Crippen LogP contribution in [0.1, 0.15) is 22.3 Å². The van der Waals surface area contributed by atoms with Crippen LogP contribution in [-0.2, 0) is 17.8 Å². The Kier molecular flexibility index (Phi) is 6.79. The van der Waals surface area contributed by atoms with Gasteiger partial charge < -0.3 is 10.1 Å². The van der Waals surface area contributed by atoms with Crippen molar-refractivity contribution in [2.75, 3.05) is 12.4 Å².